The van der Waals surface area contributed by atoms with Gasteiger partial charge in [0.2, 0.25) is 0 Å². The lowest BCUT2D eigenvalue weighted by molar-refractivity contribution is 0.163. The molecule has 0 radical (unpaired) electrons. The molecule has 1 saturated heterocycles. The molecule has 54 valence electrons. The van der Waals surface area contributed by atoms with Crippen LogP contribution in [0, 0.1) is 0 Å². The van der Waals surface area contributed by atoms with Gasteiger partial charge in [0.05, 0.1) is 6.61 Å². The largest absolute Gasteiger partial charge is 0.394 e. The van der Waals surface area contributed by atoms with Crippen molar-refractivity contribution in [3.63, 3.8) is 0 Å². The third-order valence-electron chi connectivity index (χ3n) is 1.91. The number of hydrogen-bond acceptors (Lipinski definition) is 3. The highest BCUT2D eigenvalue weighted by atomic mass is 16.3. The molecule has 0 unspecified atom stereocenters. The Hall–Kier alpha value is -0.120. The number of nitrogens with one attached hydrogen (secondary N) is 1. The van der Waals surface area contributed by atoms with Crippen LogP contribution in [0.2, 0.25) is 0 Å². The molecule has 0 amide bonds. The molecule has 3 heteroatoms. The number of nitrogens with two attached hydrogens (primary N) is 1. The second-order valence-corrected chi connectivity index (χ2v) is 2.77. The van der Waals surface area contributed by atoms with Gasteiger partial charge >= 0.3 is 0 Å². The molecule has 0 aromatic carbocycles. The summed E-state index contributed by atoms with van der Waals surface area (Å²) in [6.45, 7) is 2.00. The normalized spacial score (nSPS) is 26.0. The third-order valence-corrected chi connectivity index (χ3v) is 1.91. The maximum atomic E-state index is 8.80. The van der Waals surface area contributed by atoms with Crippen LogP contribution in [0.4, 0.5) is 0 Å². The minimum absolute atomic E-state index is 0.120. The zero-order valence-electron chi connectivity index (χ0n) is 5.56. The molecule has 1 aliphatic heterocycles. The average molecular weight is 130 g/mol. The summed E-state index contributed by atoms with van der Waals surface area (Å²) < 4.78 is 0. The average Bonchev–Trinajstić information content (AvgIpc) is 1.90. The van der Waals surface area contributed by atoms with Crippen molar-refractivity contribution in [2.75, 3.05) is 19.7 Å². The topological polar surface area (TPSA) is 58.3 Å². The van der Waals surface area contributed by atoms with E-state index in [2.05, 4.69) is 5.32 Å². The molecular weight excluding hydrogens is 116 g/mol. The van der Waals surface area contributed by atoms with Crippen LogP contribution in [0.3, 0.4) is 0 Å². The number of aliphatic hydroxyl groups excluding tert-OH is 1. The van der Waals surface area contributed by atoms with Crippen molar-refractivity contribution in [3.8, 4) is 0 Å². The second-order valence-electron chi connectivity index (χ2n) is 2.77. The molecule has 9 heavy (non-hydrogen) atoms. The van der Waals surface area contributed by atoms with E-state index in [1.165, 1.54) is 0 Å². The van der Waals surface area contributed by atoms with Gasteiger partial charge < -0.3 is 16.2 Å². The van der Waals surface area contributed by atoms with E-state index in [0.29, 0.717) is 0 Å². The van der Waals surface area contributed by atoms with Gasteiger partial charge in [0.1, 0.15) is 0 Å². The van der Waals surface area contributed by atoms with Crippen LogP contribution >= 0.6 is 0 Å². The quantitative estimate of drug-likeness (QED) is 0.429. The van der Waals surface area contributed by atoms with E-state index in [9.17, 15) is 0 Å². The molecule has 0 aliphatic carbocycles. The Bertz CT molecular complexity index is 89.1. The lowest BCUT2D eigenvalue weighted by Gasteiger charge is -2.31. The molecule has 4 N–H and O–H groups in total. The molecule has 1 rings (SSSR count). The van der Waals surface area contributed by atoms with Gasteiger partial charge in [0.25, 0.3) is 0 Å². The van der Waals surface area contributed by atoms with Gasteiger partial charge in [-0.2, -0.15) is 0 Å². The molecule has 0 saturated carbocycles. The fraction of sp³-hybridized carbons (Fsp3) is 1.00. The van der Waals surface area contributed by atoms with Crippen molar-refractivity contribution in [2.24, 2.45) is 5.73 Å². The second kappa shape index (κ2) is 2.64. The molecule has 0 bridgehead atoms. The molecule has 0 aromatic rings. The van der Waals surface area contributed by atoms with E-state index in [-0.39, 0.29) is 12.1 Å². The van der Waals surface area contributed by atoms with Crippen molar-refractivity contribution in [2.45, 2.75) is 18.4 Å². The van der Waals surface area contributed by atoms with Crippen LogP contribution in [-0.2, 0) is 0 Å². The Morgan fingerprint density at radius 3 is 2.33 bits per heavy atom. The highest BCUT2D eigenvalue weighted by Crippen LogP contribution is 2.12. The minimum atomic E-state index is -0.286. The first kappa shape index (κ1) is 6.99. The maximum Gasteiger partial charge on any atom is 0.0612 e. The van der Waals surface area contributed by atoms with Gasteiger partial charge in [0, 0.05) is 5.54 Å². The van der Waals surface area contributed by atoms with E-state index < -0.39 is 0 Å². The van der Waals surface area contributed by atoms with Crippen LogP contribution in [-0.4, -0.2) is 30.3 Å². The molecule has 0 atom stereocenters. The van der Waals surface area contributed by atoms with E-state index in [1.807, 2.05) is 0 Å². The van der Waals surface area contributed by atoms with Crippen LogP contribution in [0.5, 0.6) is 0 Å². The summed E-state index contributed by atoms with van der Waals surface area (Å²) in [6, 6.07) is 0. The first-order valence-corrected chi connectivity index (χ1v) is 3.37. The van der Waals surface area contributed by atoms with Crippen molar-refractivity contribution in [3.05, 3.63) is 0 Å². The van der Waals surface area contributed by atoms with Gasteiger partial charge in [-0.15, -0.1) is 0 Å². The molecule has 1 fully saturated rings. The highest BCUT2D eigenvalue weighted by Gasteiger charge is 2.25. The summed E-state index contributed by atoms with van der Waals surface area (Å²) in [5, 5.41) is 12.0. The standard InChI is InChI=1S/C6H14N2O/c7-6(5-9)1-3-8-4-2-6/h8-9H,1-5,7H2. The van der Waals surface area contributed by atoms with Crippen molar-refractivity contribution in [1.29, 1.82) is 0 Å². The van der Waals surface area contributed by atoms with Crippen LogP contribution in [0.1, 0.15) is 12.8 Å². The van der Waals surface area contributed by atoms with E-state index in [1.54, 1.807) is 0 Å². The summed E-state index contributed by atoms with van der Waals surface area (Å²) in [4.78, 5) is 0. The summed E-state index contributed by atoms with van der Waals surface area (Å²) in [5.74, 6) is 0. The SMILES string of the molecule is NC1(CO)CCNCC1. The Balaban J connectivity index is 2.37. The molecule has 0 spiro atoms. The Kier molecular flexibility index (Phi) is 2.05. The molecule has 3 nitrogen and oxygen atoms in total. The zero-order chi connectivity index (χ0) is 6.74. The van der Waals surface area contributed by atoms with Gasteiger partial charge in [-0.25, -0.2) is 0 Å². The Morgan fingerprint density at radius 2 is 2.00 bits per heavy atom. The first-order chi connectivity index (χ1) is 4.27. The smallest absolute Gasteiger partial charge is 0.0612 e. The third kappa shape index (κ3) is 1.64. The van der Waals surface area contributed by atoms with E-state index >= 15 is 0 Å². The molecule has 1 heterocycles. The van der Waals surface area contributed by atoms with Gasteiger partial charge in [-0.05, 0) is 25.9 Å². The highest BCUT2D eigenvalue weighted by molar-refractivity contribution is 4.87. The first-order valence-electron chi connectivity index (χ1n) is 3.37. The number of aliphatic hydroxyl groups is 1. The Morgan fingerprint density at radius 1 is 1.44 bits per heavy atom. The van der Waals surface area contributed by atoms with Crippen molar-refractivity contribution >= 4 is 0 Å². The summed E-state index contributed by atoms with van der Waals surface area (Å²) in [5.41, 5.74) is 5.48. The molecular formula is C6H14N2O. The Labute approximate surface area is 55.2 Å². The number of piperidine rings is 1. The van der Waals surface area contributed by atoms with Crippen LogP contribution < -0.4 is 11.1 Å². The van der Waals surface area contributed by atoms with E-state index in [0.717, 1.165) is 25.9 Å². The van der Waals surface area contributed by atoms with Crippen molar-refractivity contribution in [1.82, 2.24) is 5.32 Å². The predicted octanol–water partition coefficient (Wildman–Crippen LogP) is -0.940. The summed E-state index contributed by atoms with van der Waals surface area (Å²) in [7, 11) is 0. The lowest BCUT2D eigenvalue weighted by atomic mass is 9.91. The van der Waals surface area contributed by atoms with E-state index in [4.69, 9.17) is 10.8 Å². The minimum Gasteiger partial charge on any atom is -0.394 e. The monoisotopic (exact) mass is 130 g/mol. The predicted molar refractivity (Wildman–Crippen MR) is 36.1 cm³/mol. The maximum absolute atomic E-state index is 8.80. The molecule has 0 aromatic heterocycles. The fourth-order valence-corrected chi connectivity index (χ4v) is 1.08. The van der Waals surface area contributed by atoms with Crippen LogP contribution in [0.15, 0.2) is 0 Å². The van der Waals surface area contributed by atoms with Gasteiger partial charge in [0.15, 0.2) is 0 Å². The lowest BCUT2D eigenvalue weighted by Crippen LogP contribution is -2.51. The van der Waals surface area contributed by atoms with Gasteiger partial charge in [-0.3, -0.25) is 0 Å². The summed E-state index contributed by atoms with van der Waals surface area (Å²) >= 11 is 0. The fourth-order valence-electron chi connectivity index (χ4n) is 1.08. The zero-order valence-corrected chi connectivity index (χ0v) is 5.56. The number of rotatable bonds is 1. The van der Waals surface area contributed by atoms with Crippen LogP contribution in [0.25, 0.3) is 0 Å². The summed E-state index contributed by atoms with van der Waals surface area (Å²) in [6.07, 6.45) is 1.78. The van der Waals surface area contributed by atoms with Crippen molar-refractivity contribution < 1.29 is 5.11 Å². The van der Waals surface area contributed by atoms with Gasteiger partial charge in [-0.1, -0.05) is 0 Å². The number of hydrogen-bond donors (Lipinski definition) is 3. The molecule has 1 aliphatic rings.